The molecule has 1 aliphatic rings. The number of nitriles is 1. The van der Waals surface area contributed by atoms with E-state index in [1.807, 2.05) is 13.8 Å². The number of nitrogens with zero attached hydrogens (tertiary/aromatic N) is 1. The second kappa shape index (κ2) is 3.15. The normalized spacial score (nSPS) is 17.2. The van der Waals surface area contributed by atoms with E-state index >= 15 is 0 Å². The first-order valence-corrected chi connectivity index (χ1v) is 5.30. The molecule has 0 spiro atoms. The monoisotopic (exact) mass is 221 g/mol. The summed E-state index contributed by atoms with van der Waals surface area (Å²) in [6, 6.07) is 3.92. The van der Waals surface area contributed by atoms with E-state index in [4.69, 9.17) is 16.9 Å². The smallest absolute Gasteiger partial charge is 0.121 e. The molecule has 1 saturated carbocycles. The van der Waals surface area contributed by atoms with Crippen molar-refractivity contribution in [3.05, 3.63) is 27.8 Å². The van der Waals surface area contributed by atoms with Crippen molar-refractivity contribution in [3.8, 4) is 11.8 Å². The van der Waals surface area contributed by atoms with Crippen molar-refractivity contribution < 1.29 is 5.11 Å². The zero-order valence-electron chi connectivity index (χ0n) is 8.76. The third-order valence-electron chi connectivity index (χ3n) is 3.10. The molecule has 1 N–H and O–H groups in total. The molecule has 0 heterocycles. The van der Waals surface area contributed by atoms with Gasteiger partial charge in [-0.3, -0.25) is 0 Å². The van der Waals surface area contributed by atoms with Gasteiger partial charge >= 0.3 is 0 Å². The van der Waals surface area contributed by atoms with Gasteiger partial charge in [0.05, 0.1) is 11.5 Å². The lowest BCUT2D eigenvalue weighted by Crippen LogP contribution is -2.06. The van der Waals surface area contributed by atoms with Crippen LogP contribution < -0.4 is 0 Å². The number of hydrogen-bond acceptors (Lipinski definition) is 2. The Labute approximate surface area is 94.1 Å². The first-order valence-electron chi connectivity index (χ1n) is 4.92. The summed E-state index contributed by atoms with van der Waals surface area (Å²) < 4.78 is 0. The van der Waals surface area contributed by atoms with E-state index in [2.05, 4.69) is 6.07 Å². The highest BCUT2D eigenvalue weighted by molar-refractivity contribution is 6.32. The van der Waals surface area contributed by atoms with Crippen LogP contribution in [0, 0.1) is 25.2 Å². The summed E-state index contributed by atoms with van der Waals surface area (Å²) in [6.07, 6.45) is 1.63. The topological polar surface area (TPSA) is 44.0 Å². The lowest BCUT2D eigenvalue weighted by molar-refractivity contribution is 0.463. The average Bonchev–Trinajstić information content (AvgIpc) is 2.96. The van der Waals surface area contributed by atoms with E-state index in [0.29, 0.717) is 5.02 Å². The Hall–Kier alpha value is -1.20. The minimum atomic E-state index is -0.481. The van der Waals surface area contributed by atoms with Crippen LogP contribution in [-0.2, 0) is 5.41 Å². The Morgan fingerprint density at radius 2 is 2.07 bits per heavy atom. The first-order chi connectivity index (χ1) is 7.02. The summed E-state index contributed by atoms with van der Waals surface area (Å²) in [4.78, 5) is 0. The summed E-state index contributed by atoms with van der Waals surface area (Å²) in [5, 5.41) is 19.7. The Bertz CT molecular complexity index is 469. The minimum absolute atomic E-state index is 0.202. The van der Waals surface area contributed by atoms with Crippen LogP contribution in [0.5, 0.6) is 5.75 Å². The Morgan fingerprint density at radius 1 is 1.47 bits per heavy atom. The number of aromatic hydroxyl groups is 1. The SMILES string of the molecule is Cc1cc(O)c(C2(C#N)CC2)c(C)c1Cl. The van der Waals surface area contributed by atoms with Gasteiger partial charge in [-0.15, -0.1) is 0 Å². The lowest BCUT2D eigenvalue weighted by atomic mass is 9.91. The number of hydrogen-bond donors (Lipinski definition) is 1. The first kappa shape index (κ1) is 10.3. The molecule has 1 aliphatic carbocycles. The highest BCUT2D eigenvalue weighted by Crippen LogP contribution is 2.53. The van der Waals surface area contributed by atoms with Gasteiger partial charge < -0.3 is 5.11 Å². The standard InChI is InChI=1S/C12H12ClNO/c1-7-5-9(15)10(8(2)11(7)13)12(6-14)3-4-12/h5,15H,3-4H2,1-2H3. The molecule has 0 bridgehead atoms. The molecule has 2 nitrogen and oxygen atoms in total. The van der Waals surface area contributed by atoms with E-state index in [0.717, 1.165) is 29.5 Å². The van der Waals surface area contributed by atoms with Gasteiger partial charge in [0.15, 0.2) is 0 Å². The van der Waals surface area contributed by atoms with Crippen LogP contribution in [0.15, 0.2) is 6.07 Å². The third kappa shape index (κ3) is 1.39. The summed E-state index contributed by atoms with van der Waals surface area (Å²) >= 11 is 6.13. The summed E-state index contributed by atoms with van der Waals surface area (Å²) in [5.41, 5.74) is 1.93. The fourth-order valence-corrected chi connectivity index (χ4v) is 2.23. The van der Waals surface area contributed by atoms with Gasteiger partial charge in [0.25, 0.3) is 0 Å². The van der Waals surface area contributed by atoms with Gasteiger partial charge in [-0.1, -0.05) is 11.6 Å². The molecule has 1 aromatic rings. The fraction of sp³-hybridized carbons (Fsp3) is 0.417. The molecule has 1 aromatic carbocycles. The number of benzene rings is 1. The maximum atomic E-state index is 9.89. The van der Waals surface area contributed by atoms with E-state index in [1.54, 1.807) is 6.07 Å². The van der Waals surface area contributed by atoms with E-state index in [1.165, 1.54) is 0 Å². The molecule has 1 fully saturated rings. The van der Waals surface area contributed by atoms with E-state index in [9.17, 15) is 5.11 Å². The van der Waals surface area contributed by atoms with Crippen molar-refractivity contribution in [1.82, 2.24) is 0 Å². The van der Waals surface area contributed by atoms with Gasteiger partial charge in [-0.2, -0.15) is 5.26 Å². The van der Waals surface area contributed by atoms with Crippen molar-refractivity contribution in [2.45, 2.75) is 32.1 Å². The quantitative estimate of drug-likeness (QED) is 0.792. The minimum Gasteiger partial charge on any atom is -0.508 e. The molecule has 78 valence electrons. The second-order valence-corrected chi connectivity index (χ2v) is 4.60. The van der Waals surface area contributed by atoms with Crippen molar-refractivity contribution in [2.75, 3.05) is 0 Å². The van der Waals surface area contributed by atoms with Crippen LogP contribution in [0.25, 0.3) is 0 Å². The molecule has 0 atom stereocenters. The maximum Gasteiger partial charge on any atom is 0.121 e. The molecule has 0 aliphatic heterocycles. The molecule has 0 saturated heterocycles. The molecular formula is C12H12ClNO. The Morgan fingerprint density at radius 3 is 2.53 bits per heavy atom. The molecule has 0 unspecified atom stereocenters. The van der Waals surface area contributed by atoms with Crippen molar-refractivity contribution in [2.24, 2.45) is 0 Å². The Kier molecular flexibility index (Phi) is 2.17. The van der Waals surface area contributed by atoms with E-state index < -0.39 is 5.41 Å². The Balaban J connectivity index is 2.68. The average molecular weight is 222 g/mol. The molecule has 0 radical (unpaired) electrons. The second-order valence-electron chi connectivity index (χ2n) is 4.22. The molecule has 2 rings (SSSR count). The van der Waals surface area contributed by atoms with Crippen LogP contribution in [0.4, 0.5) is 0 Å². The zero-order valence-corrected chi connectivity index (χ0v) is 9.52. The summed E-state index contributed by atoms with van der Waals surface area (Å²) in [5.74, 6) is 0.202. The third-order valence-corrected chi connectivity index (χ3v) is 3.68. The van der Waals surface area contributed by atoms with Crippen molar-refractivity contribution in [3.63, 3.8) is 0 Å². The highest BCUT2D eigenvalue weighted by Gasteiger charge is 2.48. The van der Waals surface area contributed by atoms with Gasteiger partial charge in [0.1, 0.15) is 5.75 Å². The molecular weight excluding hydrogens is 210 g/mol. The maximum absolute atomic E-state index is 9.89. The molecule has 3 heteroatoms. The van der Waals surface area contributed by atoms with Crippen molar-refractivity contribution in [1.29, 1.82) is 5.26 Å². The number of aryl methyl sites for hydroxylation is 1. The number of phenols is 1. The largest absolute Gasteiger partial charge is 0.508 e. The molecule has 0 aromatic heterocycles. The van der Waals surface area contributed by atoms with Gasteiger partial charge in [0, 0.05) is 10.6 Å². The lowest BCUT2D eigenvalue weighted by Gasteiger charge is -2.15. The number of rotatable bonds is 1. The van der Waals surface area contributed by atoms with Crippen LogP contribution >= 0.6 is 11.6 Å². The van der Waals surface area contributed by atoms with Crippen LogP contribution in [-0.4, -0.2) is 5.11 Å². The summed E-state index contributed by atoms with van der Waals surface area (Å²) in [6.45, 7) is 3.71. The fourth-order valence-electron chi connectivity index (χ4n) is 2.08. The number of phenolic OH excluding ortho intramolecular Hbond substituents is 1. The highest BCUT2D eigenvalue weighted by atomic mass is 35.5. The van der Waals surface area contributed by atoms with E-state index in [-0.39, 0.29) is 5.75 Å². The molecule has 0 amide bonds. The molecule has 15 heavy (non-hydrogen) atoms. The van der Waals surface area contributed by atoms with Crippen molar-refractivity contribution >= 4 is 11.6 Å². The van der Waals surface area contributed by atoms with Crippen LogP contribution in [0.2, 0.25) is 5.02 Å². The van der Waals surface area contributed by atoms with Crippen LogP contribution in [0.3, 0.4) is 0 Å². The number of halogens is 1. The van der Waals surface area contributed by atoms with Crippen LogP contribution in [0.1, 0.15) is 29.5 Å². The zero-order chi connectivity index (χ0) is 11.2. The van der Waals surface area contributed by atoms with Gasteiger partial charge in [0.2, 0.25) is 0 Å². The summed E-state index contributed by atoms with van der Waals surface area (Å²) in [7, 11) is 0. The predicted molar refractivity (Wildman–Crippen MR) is 59.1 cm³/mol. The predicted octanol–water partition coefficient (Wildman–Crippen LogP) is 3.22. The van der Waals surface area contributed by atoms with Gasteiger partial charge in [-0.25, -0.2) is 0 Å². The van der Waals surface area contributed by atoms with Gasteiger partial charge in [-0.05, 0) is 43.9 Å².